The van der Waals surface area contributed by atoms with Crippen LogP contribution in [0.15, 0.2) is 0 Å². The Labute approximate surface area is 80.6 Å². The molecular formula is C10H20N2O. The summed E-state index contributed by atoms with van der Waals surface area (Å²) in [7, 11) is 0. The number of hydrogen-bond acceptors (Lipinski definition) is 2. The van der Waals surface area contributed by atoms with Gasteiger partial charge in [-0.05, 0) is 5.92 Å². The topological polar surface area (TPSA) is 36.3 Å². The van der Waals surface area contributed by atoms with Crippen LogP contribution in [0.1, 0.15) is 20.8 Å². The third kappa shape index (κ3) is 2.69. The third-order valence-corrected chi connectivity index (χ3v) is 2.78. The average molecular weight is 184 g/mol. The van der Waals surface area contributed by atoms with E-state index in [0.29, 0.717) is 11.8 Å². The van der Waals surface area contributed by atoms with Crippen LogP contribution in [-0.4, -0.2) is 37.0 Å². The maximum atomic E-state index is 7.99. The molecule has 1 heterocycles. The van der Waals surface area contributed by atoms with Crippen molar-refractivity contribution in [1.82, 2.24) is 4.90 Å². The Hall–Kier alpha value is -0.570. The molecule has 1 N–H and O–H groups in total. The van der Waals surface area contributed by atoms with Crippen molar-refractivity contribution in [1.29, 1.82) is 5.41 Å². The molecule has 1 fully saturated rings. The highest BCUT2D eigenvalue weighted by molar-refractivity contribution is 5.81. The Bertz CT molecular complexity index is 174. The molecule has 1 unspecified atom stereocenters. The van der Waals surface area contributed by atoms with Crippen molar-refractivity contribution in [2.75, 3.05) is 26.3 Å². The molecule has 0 amide bonds. The lowest BCUT2D eigenvalue weighted by Gasteiger charge is -2.32. The molecule has 0 aliphatic carbocycles. The van der Waals surface area contributed by atoms with Gasteiger partial charge in [-0.25, -0.2) is 0 Å². The first-order valence-electron chi connectivity index (χ1n) is 5.04. The summed E-state index contributed by atoms with van der Waals surface area (Å²) in [6.07, 6.45) is 0. The minimum atomic E-state index is 0.359. The van der Waals surface area contributed by atoms with Gasteiger partial charge in [0.2, 0.25) is 0 Å². The van der Waals surface area contributed by atoms with Crippen LogP contribution < -0.4 is 0 Å². The molecule has 1 saturated heterocycles. The maximum absolute atomic E-state index is 7.99. The Morgan fingerprint density at radius 2 is 1.77 bits per heavy atom. The van der Waals surface area contributed by atoms with Crippen LogP contribution >= 0.6 is 0 Å². The minimum absolute atomic E-state index is 0.359. The lowest BCUT2D eigenvalue weighted by molar-refractivity contribution is 0.0650. The number of hydrogen-bond donors (Lipinski definition) is 1. The Morgan fingerprint density at radius 1 is 1.23 bits per heavy atom. The molecule has 0 spiro atoms. The van der Waals surface area contributed by atoms with Gasteiger partial charge < -0.3 is 9.64 Å². The van der Waals surface area contributed by atoms with Gasteiger partial charge in [-0.1, -0.05) is 20.8 Å². The van der Waals surface area contributed by atoms with Crippen molar-refractivity contribution in [3.63, 3.8) is 0 Å². The van der Waals surface area contributed by atoms with Gasteiger partial charge in [0.25, 0.3) is 0 Å². The molecule has 0 bridgehead atoms. The van der Waals surface area contributed by atoms with Gasteiger partial charge in [0.1, 0.15) is 0 Å². The second-order valence-corrected chi connectivity index (χ2v) is 4.02. The van der Waals surface area contributed by atoms with E-state index in [1.807, 2.05) is 0 Å². The van der Waals surface area contributed by atoms with Crippen molar-refractivity contribution in [3.8, 4) is 0 Å². The first kappa shape index (κ1) is 10.5. The Kier molecular flexibility index (Phi) is 3.72. The predicted octanol–water partition coefficient (Wildman–Crippen LogP) is 1.59. The van der Waals surface area contributed by atoms with Crippen LogP contribution in [0.25, 0.3) is 0 Å². The zero-order chi connectivity index (χ0) is 9.84. The number of rotatable bonds is 2. The average Bonchev–Trinajstić information content (AvgIpc) is 2.17. The van der Waals surface area contributed by atoms with Crippen LogP contribution in [0.5, 0.6) is 0 Å². The van der Waals surface area contributed by atoms with Gasteiger partial charge in [0.05, 0.1) is 19.0 Å². The monoisotopic (exact) mass is 184 g/mol. The summed E-state index contributed by atoms with van der Waals surface area (Å²) < 4.78 is 5.25. The van der Waals surface area contributed by atoms with Gasteiger partial charge >= 0.3 is 0 Å². The molecule has 0 aromatic carbocycles. The van der Waals surface area contributed by atoms with Gasteiger partial charge in [0.15, 0.2) is 0 Å². The Balaban J connectivity index is 2.45. The number of amidine groups is 1. The molecule has 0 aromatic heterocycles. The van der Waals surface area contributed by atoms with Gasteiger partial charge in [-0.2, -0.15) is 0 Å². The van der Waals surface area contributed by atoms with Crippen LogP contribution in [0.3, 0.4) is 0 Å². The van der Waals surface area contributed by atoms with Crippen LogP contribution in [0.4, 0.5) is 0 Å². The molecule has 1 atom stereocenters. The number of ether oxygens (including phenoxy) is 1. The van der Waals surface area contributed by atoms with Gasteiger partial charge in [-0.3, -0.25) is 5.41 Å². The summed E-state index contributed by atoms with van der Waals surface area (Å²) in [5, 5.41) is 7.99. The molecule has 0 radical (unpaired) electrons. The second kappa shape index (κ2) is 4.61. The molecule has 0 aromatic rings. The second-order valence-electron chi connectivity index (χ2n) is 4.02. The summed E-state index contributed by atoms with van der Waals surface area (Å²) in [4.78, 5) is 2.13. The Morgan fingerprint density at radius 3 is 2.23 bits per heavy atom. The summed E-state index contributed by atoms with van der Waals surface area (Å²) in [6, 6.07) is 0. The van der Waals surface area contributed by atoms with E-state index in [1.165, 1.54) is 0 Å². The van der Waals surface area contributed by atoms with Crippen molar-refractivity contribution >= 4 is 5.84 Å². The van der Waals surface area contributed by atoms with E-state index in [1.54, 1.807) is 0 Å². The van der Waals surface area contributed by atoms with Crippen molar-refractivity contribution in [2.45, 2.75) is 20.8 Å². The highest BCUT2D eigenvalue weighted by Crippen LogP contribution is 2.14. The highest BCUT2D eigenvalue weighted by atomic mass is 16.5. The molecular weight excluding hydrogens is 164 g/mol. The largest absolute Gasteiger partial charge is 0.378 e. The zero-order valence-electron chi connectivity index (χ0n) is 8.84. The fourth-order valence-electron chi connectivity index (χ4n) is 1.41. The highest BCUT2D eigenvalue weighted by Gasteiger charge is 2.20. The molecule has 1 aliphatic heterocycles. The smallest absolute Gasteiger partial charge is 0.0990 e. The minimum Gasteiger partial charge on any atom is -0.378 e. The van der Waals surface area contributed by atoms with E-state index >= 15 is 0 Å². The SMILES string of the molecule is CC(C)C(C)C(=N)N1CCOCC1. The van der Waals surface area contributed by atoms with E-state index < -0.39 is 0 Å². The number of nitrogens with one attached hydrogen (secondary N) is 1. The first-order chi connectivity index (χ1) is 6.13. The maximum Gasteiger partial charge on any atom is 0.0990 e. The summed E-state index contributed by atoms with van der Waals surface area (Å²) >= 11 is 0. The zero-order valence-corrected chi connectivity index (χ0v) is 8.84. The molecule has 1 aliphatic rings. The summed E-state index contributed by atoms with van der Waals surface area (Å²) in [6.45, 7) is 9.77. The molecule has 76 valence electrons. The lowest BCUT2D eigenvalue weighted by Crippen LogP contribution is -2.43. The molecule has 3 heteroatoms. The summed E-state index contributed by atoms with van der Waals surface area (Å²) in [5.74, 6) is 1.69. The molecule has 1 rings (SSSR count). The van der Waals surface area contributed by atoms with Gasteiger partial charge in [0, 0.05) is 19.0 Å². The van der Waals surface area contributed by atoms with Crippen molar-refractivity contribution < 1.29 is 4.74 Å². The number of nitrogens with zero attached hydrogens (tertiary/aromatic N) is 1. The van der Waals surface area contributed by atoms with Crippen molar-refractivity contribution in [2.24, 2.45) is 11.8 Å². The third-order valence-electron chi connectivity index (χ3n) is 2.78. The quantitative estimate of drug-likeness (QED) is 0.522. The molecule has 13 heavy (non-hydrogen) atoms. The predicted molar refractivity (Wildman–Crippen MR) is 54.1 cm³/mol. The van der Waals surface area contributed by atoms with E-state index in [4.69, 9.17) is 10.1 Å². The van der Waals surface area contributed by atoms with E-state index in [2.05, 4.69) is 25.7 Å². The fraction of sp³-hybridized carbons (Fsp3) is 0.900. The molecule has 0 saturated carbocycles. The number of morpholine rings is 1. The summed E-state index contributed by atoms with van der Waals surface area (Å²) in [5.41, 5.74) is 0. The van der Waals surface area contributed by atoms with Crippen LogP contribution in [0, 0.1) is 17.2 Å². The standard InChI is InChI=1S/C10H20N2O/c1-8(2)9(3)10(11)12-4-6-13-7-5-12/h8-9,11H,4-7H2,1-3H3. The van der Waals surface area contributed by atoms with Crippen molar-refractivity contribution in [3.05, 3.63) is 0 Å². The lowest BCUT2D eigenvalue weighted by atomic mass is 9.96. The molecule has 3 nitrogen and oxygen atoms in total. The van der Waals surface area contributed by atoms with E-state index in [-0.39, 0.29) is 0 Å². The van der Waals surface area contributed by atoms with E-state index in [9.17, 15) is 0 Å². The van der Waals surface area contributed by atoms with Crippen LogP contribution in [0.2, 0.25) is 0 Å². The van der Waals surface area contributed by atoms with E-state index in [0.717, 1.165) is 32.1 Å². The van der Waals surface area contributed by atoms with Crippen LogP contribution in [-0.2, 0) is 4.74 Å². The normalized spacial score (nSPS) is 20.5. The van der Waals surface area contributed by atoms with Gasteiger partial charge in [-0.15, -0.1) is 0 Å². The first-order valence-corrected chi connectivity index (χ1v) is 5.04. The fourth-order valence-corrected chi connectivity index (χ4v) is 1.41.